The van der Waals surface area contributed by atoms with Crippen LogP contribution in [-0.4, -0.2) is 45.6 Å². The molecule has 22 heavy (non-hydrogen) atoms. The summed E-state index contributed by atoms with van der Waals surface area (Å²) in [7, 11) is 0. The molecule has 0 spiro atoms. The van der Waals surface area contributed by atoms with Crippen LogP contribution >= 0.6 is 0 Å². The van der Waals surface area contributed by atoms with Crippen LogP contribution < -0.4 is 5.32 Å². The Kier molecular flexibility index (Phi) is 3.91. The van der Waals surface area contributed by atoms with Crippen molar-refractivity contribution in [3.63, 3.8) is 0 Å². The fraction of sp³-hybridized carbons (Fsp3) is 0.529. The second kappa shape index (κ2) is 6.18. The van der Waals surface area contributed by atoms with Crippen molar-refractivity contribution < 1.29 is 0 Å². The van der Waals surface area contributed by atoms with Gasteiger partial charge in [0, 0.05) is 19.1 Å². The fourth-order valence-electron chi connectivity index (χ4n) is 3.27. The molecule has 1 atom stereocenters. The van der Waals surface area contributed by atoms with Crippen molar-refractivity contribution in [1.82, 2.24) is 25.2 Å². The third-order valence-electron chi connectivity index (χ3n) is 4.65. The summed E-state index contributed by atoms with van der Waals surface area (Å²) in [6.45, 7) is 4.45. The van der Waals surface area contributed by atoms with E-state index in [2.05, 4.69) is 20.4 Å². The molecule has 1 aliphatic carbocycles. The Morgan fingerprint density at radius 2 is 2.00 bits per heavy atom. The number of benzene rings is 1. The first-order valence-corrected chi connectivity index (χ1v) is 8.30. The molecule has 0 bridgehead atoms. The second-order valence-electron chi connectivity index (χ2n) is 6.47. The van der Waals surface area contributed by atoms with Crippen molar-refractivity contribution >= 4 is 0 Å². The number of nitrogens with zero attached hydrogens (tertiary/aromatic N) is 4. The van der Waals surface area contributed by atoms with Gasteiger partial charge in [-0.3, -0.25) is 0 Å². The van der Waals surface area contributed by atoms with Crippen molar-refractivity contribution in [3.8, 4) is 5.69 Å². The highest BCUT2D eigenvalue weighted by Gasteiger charge is 2.33. The first-order valence-electron chi connectivity index (χ1n) is 8.30. The smallest absolute Gasteiger partial charge is 0.0969 e. The van der Waals surface area contributed by atoms with Gasteiger partial charge >= 0.3 is 0 Å². The molecule has 5 nitrogen and oxygen atoms in total. The third kappa shape index (κ3) is 3.20. The van der Waals surface area contributed by atoms with Crippen LogP contribution in [0.3, 0.4) is 0 Å². The Morgan fingerprint density at radius 1 is 1.14 bits per heavy atom. The van der Waals surface area contributed by atoms with Crippen molar-refractivity contribution in [2.75, 3.05) is 19.6 Å². The largest absolute Gasteiger partial charge is 0.311 e. The minimum Gasteiger partial charge on any atom is -0.311 e. The molecule has 2 heterocycles. The summed E-state index contributed by atoms with van der Waals surface area (Å²) in [6.07, 6.45) is 6.02. The molecule has 1 saturated heterocycles. The highest BCUT2D eigenvalue weighted by molar-refractivity contribution is 5.28. The summed E-state index contributed by atoms with van der Waals surface area (Å²) < 4.78 is 0. The van der Waals surface area contributed by atoms with Crippen LogP contribution in [0.5, 0.6) is 0 Å². The standard InChI is InChI=1S/C17H23N5/c1-2-4-17(5-3-1)22-19-12-15(20-22)11-18-10-14-8-9-21(13-14)16-6-7-16/h1-5,12,14,16,18H,6-11,13H2. The Balaban J connectivity index is 1.25. The third-order valence-corrected chi connectivity index (χ3v) is 4.65. The van der Waals surface area contributed by atoms with Crippen molar-refractivity contribution in [2.45, 2.75) is 31.8 Å². The second-order valence-corrected chi connectivity index (χ2v) is 6.47. The van der Waals surface area contributed by atoms with Gasteiger partial charge in [0.25, 0.3) is 0 Å². The summed E-state index contributed by atoms with van der Waals surface area (Å²) in [5.41, 5.74) is 2.01. The highest BCUT2D eigenvalue weighted by Crippen LogP contribution is 2.31. The lowest BCUT2D eigenvalue weighted by molar-refractivity contribution is 0.311. The maximum absolute atomic E-state index is 4.53. The van der Waals surface area contributed by atoms with E-state index in [4.69, 9.17) is 0 Å². The number of aromatic nitrogens is 3. The number of para-hydroxylation sites is 1. The van der Waals surface area contributed by atoms with E-state index in [-0.39, 0.29) is 0 Å². The van der Waals surface area contributed by atoms with Crippen molar-refractivity contribution in [2.24, 2.45) is 5.92 Å². The van der Waals surface area contributed by atoms with E-state index in [1.165, 1.54) is 32.4 Å². The molecule has 2 aliphatic rings. The number of likely N-dealkylation sites (tertiary alicyclic amines) is 1. The quantitative estimate of drug-likeness (QED) is 0.884. The topological polar surface area (TPSA) is 46.0 Å². The lowest BCUT2D eigenvalue weighted by Gasteiger charge is -2.14. The van der Waals surface area contributed by atoms with Gasteiger partial charge in [-0.2, -0.15) is 15.0 Å². The van der Waals surface area contributed by atoms with E-state index in [1.807, 2.05) is 36.5 Å². The van der Waals surface area contributed by atoms with Crippen LogP contribution in [0.4, 0.5) is 0 Å². The molecule has 1 unspecified atom stereocenters. The average Bonchev–Trinajstić information content (AvgIpc) is 3.11. The molecule has 2 fully saturated rings. The maximum atomic E-state index is 4.53. The molecule has 1 N–H and O–H groups in total. The molecule has 1 aliphatic heterocycles. The summed E-state index contributed by atoms with van der Waals surface area (Å²) in [4.78, 5) is 4.36. The zero-order valence-corrected chi connectivity index (χ0v) is 12.9. The minimum atomic E-state index is 0.796. The Morgan fingerprint density at radius 3 is 2.82 bits per heavy atom. The van der Waals surface area contributed by atoms with Gasteiger partial charge in [-0.15, -0.1) is 0 Å². The first kappa shape index (κ1) is 13.9. The van der Waals surface area contributed by atoms with Gasteiger partial charge < -0.3 is 10.2 Å². The van der Waals surface area contributed by atoms with E-state index in [1.54, 1.807) is 4.80 Å². The lowest BCUT2D eigenvalue weighted by Crippen LogP contribution is -2.27. The Bertz CT molecular complexity index is 605. The van der Waals surface area contributed by atoms with Gasteiger partial charge in [0.1, 0.15) is 0 Å². The molecule has 5 heteroatoms. The average molecular weight is 297 g/mol. The number of hydrogen-bond donors (Lipinski definition) is 1. The van der Waals surface area contributed by atoms with E-state index >= 15 is 0 Å². The van der Waals surface area contributed by atoms with Gasteiger partial charge in [-0.25, -0.2) is 0 Å². The van der Waals surface area contributed by atoms with Gasteiger partial charge in [0.15, 0.2) is 0 Å². The summed E-state index contributed by atoms with van der Waals surface area (Å²) in [6, 6.07) is 11.0. The predicted molar refractivity (Wildman–Crippen MR) is 85.8 cm³/mol. The maximum Gasteiger partial charge on any atom is 0.0969 e. The Labute approximate surface area is 131 Å². The first-order chi connectivity index (χ1) is 10.9. The van der Waals surface area contributed by atoms with Crippen LogP contribution in [0.1, 0.15) is 25.0 Å². The summed E-state index contributed by atoms with van der Waals surface area (Å²) >= 11 is 0. The van der Waals surface area contributed by atoms with E-state index < -0.39 is 0 Å². The molecule has 4 rings (SSSR count). The molecule has 2 aromatic rings. The molecule has 116 valence electrons. The lowest BCUT2D eigenvalue weighted by atomic mass is 10.1. The summed E-state index contributed by atoms with van der Waals surface area (Å²) in [5.74, 6) is 0.796. The normalized spacial score (nSPS) is 22.3. The zero-order valence-electron chi connectivity index (χ0n) is 12.9. The fourth-order valence-corrected chi connectivity index (χ4v) is 3.27. The van der Waals surface area contributed by atoms with Crippen molar-refractivity contribution in [3.05, 3.63) is 42.2 Å². The van der Waals surface area contributed by atoms with Gasteiger partial charge in [-0.1, -0.05) is 18.2 Å². The minimum absolute atomic E-state index is 0.796. The Hall–Kier alpha value is -1.72. The molecular weight excluding hydrogens is 274 g/mol. The van der Waals surface area contributed by atoms with E-state index in [9.17, 15) is 0 Å². The molecule has 1 saturated carbocycles. The van der Waals surface area contributed by atoms with Gasteiger partial charge in [-0.05, 0) is 50.4 Å². The molecule has 0 radical (unpaired) electrons. The van der Waals surface area contributed by atoms with Crippen LogP contribution in [-0.2, 0) is 6.54 Å². The number of hydrogen-bond acceptors (Lipinski definition) is 4. The van der Waals surface area contributed by atoms with Crippen molar-refractivity contribution in [1.29, 1.82) is 0 Å². The van der Waals surface area contributed by atoms with Gasteiger partial charge in [0.05, 0.1) is 17.6 Å². The summed E-state index contributed by atoms with van der Waals surface area (Å²) in [5, 5.41) is 12.4. The van der Waals surface area contributed by atoms with E-state index in [0.717, 1.165) is 36.4 Å². The molecule has 1 aromatic carbocycles. The van der Waals surface area contributed by atoms with E-state index in [0.29, 0.717) is 0 Å². The van der Waals surface area contributed by atoms with Crippen LogP contribution in [0.2, 0.25) is 0 Å². The molecular formula is C17H23N5. The monoisotopic (exact) mass is 297 g/mol. The molecule has 0 amide bonds. The predicted octanol–water partition coefficient (Wildman–Crippen LogP) is 1.84. The van der Waals surface area contributed by atoms with Crippen LogP contribution in [0.15, 0.2) is 36.5 Å². The SMILES string of the molecule is c1ccc(-n2ncc(CNCC3CCN(C4CC4)C3)n2)cc1. The van der Waals surface area contributed by atoms with Gasteiger partial charge in [0.2, 0.25) is 0 Å². The highest BCUT2D eigenvalue weighted by atomic mass is 15.5. The number of rotatable bonds is 6. The number of nitrogens with one attached hydrogen (secondary N) is 1. The van der Waals surface area contributed by atoms with Crippen LogP contribution in [0.25, 0.3) is 5.69 Å². The zero-order chi connectivity index (χ0) is 14.8. The van der Waals surface area contributed by atoms with Crippen LogP contribution in [0, 0.1) is 5.92 Å². The molecule has 1 aromatic heterocycles.